The minimum absolute atomic E-state index is 0.119. The lowest BCUT2D eigenvalue weighted by Crippen LogP contribution is -2.31. The van der Waals surface area contributed by atoms with Gasteiger partial charge >= 0.3 is 0 Å². The summed E-state index contributed by atoms with van der Waals surface area (Å²) in [5.74, 6) is 5.59. The van der Waals surface area contributed by atoms with Crippen molar-refractivity contribution in [2.75, 3.05) is 18.8 Å². The van der Waals surface area contributed by atoms with Crippen molar-refractivity contribution in [2.45, 2.75) is 12.8 Å². The highest BCUT2D eigenvalue weighted by atomic mass is 32.2. The standard InChI is InChI=1S/C7H13N3O2S/c8-9-6(11)2-1-3-10-4-5-13-7(10)12/h1-5,8H2,(H,9,11). The number of thioether (sulfide) groups is 1. The average Bonchev–Trinajstić information content (AvgIpc) is 2.52. The van der Waals surface area contributed by atoms with E-state index < -0.39 is 0 Å². The maximum absolute atomic E-state index is 11.1. The molecule has 0 radical (unpaired) electrons. The molecular formula is C7H13N3O2S. The van der Waals surface area contributed by atoms with E-state index >= 15 is 0 Å². The highest BCUT2D eigenvalue weighted by molar-refractivity contribution is 8.13. The van der Waals surface area contributed by atoms with E-state index in [0.717, 1.165) is 12.3 Å². The topological polar surface area (TPSA) is 75.4 Å². The van der Waals surface area contributed by atoms with Crippen molar-refractivity contribution < 1.29 is 9.59 Å². The average molecular weight is 203 g/mol. The summed E-state index contributed by atoms with van der Waals surface area (Å²) in [6.45, 7) is 1.45. The van der Waals surface area contributed by atoms with Crippen molar-refractivity contribution in [3.8, 4) is 0 Å². The zero-order chi connectivity index (χ0) is 9.68. The van der Waals surface area contributed by atoms with Crippen molar-refractivity contribution in [1.82, 2.24) is 10.3 Å². The van der Waals surface area contributed by atoms with E-state index in [1.807, 2.05) is 0 Å². The first-order valence-electron chi connectivity index (χ1n) is 4.15. The number of nitrogens with one attached hydrogen (secondary N) is 1. The molecule has 1 aliphatic heterocycles. The van der Waals surface area contributed by atoms with E-state index in [9.17, 15) is 9.59 Å². The normalized spacial score (nSPS) is 16.4. The Balaban J connectivity index is 2.12. The molecule has 1 heterocycles. The Morgan fingerprint density at radius 1 is 1.69 bits per heavy atom. The summed E-state index contributed by atoms with van der Waals surface area (Å²) in [7, 11) is 0. The maximum atomic E-state index is 11.1. The Bertz CT molecular complexity index is 210. The van der Waals surface area contributed by atoms with Crippen LogP contribution in [0.2, 0.25) is 0 Å². The van der Waals surface area contributed by atoms with Crippen molar-refractivity contribution in [3.63, 3.8) is 0 Å². The molecule has 2 amide bonds. The summed E-state index contributed by atoms with van der Waals surface area (Å²) in [6, 6.07) is 0. The van der Waals surface area contributed by atoms with E-state index in [2.05, 4.69) is 5.43 Å². The van der Waals surface area contributed by atoms with Crippen LogP contribution < -0.4 is 11.3 Å². The van der Waals surface area contributed by atoms with Crippen molar-refractivity contribution in [2.24, 2.45) is 5.84 Å². The third kappa shape index (κ3) is 3.23. The fourth-order valence-electron chi connectivity index (χ4n) is 1.13. The monoisotopic (exact) mass is 203 g/mol. The van der Waals surface area contributed by atoms with Crippen LogP contribution in [-0.4, -0.2) is 34.9 Å². The molecule has 0 atom stereocenters. The van der Waals surface area contributed by atoms with E-state index in [0.29, 0.717) is 19.4 Å². The van der Waals surface area contributed by atoms with Gasteiger partial charge in [-0.15, -0.1) is 0 Å². The van der Waals surface area contributed by atoms with E-state index in [-0.39, 0.29) is 11.1 Å². The van der Waals surface area contributed by atoms with Gasteiger partial charge in [-0.25, -0.2) is 5.84 Å². The predicted octanol–water partition coefficient (Wildman–Crippen LogP) is -0.0747. The second-order valence-corrected chi connectivity index (χ2v) is 3.82. The van der Waals surface area contributed by atoms with Crippen LogP contribution in [0.3, 0.4) is 0 Å². The van der Waals surface area contributed by atoms with Crippen molar-refractivity contribution in [3.05, 3.63) is 0 Å². The van der Waals surface area contributed by atoms with Crippen LogP contribution in [0.5, 0.6) is 0 Å². The first-order valence-corrected chi connectivity index (χ1v) is 5.13. The van der Waals surface area contributed by atoms with Crippen LogP contribution >= 0.6 is 11.8 Å². The van der Waals surface area contributed by atoms with Gasteiger partial charge in [0.05, 0.1) is 0 Å². The number of carbonyl (C=O) groups excluding carboxylic acids is 2. The number of amides is 2. The van der Waals surface area contributed by atoms with Gasteiger partial charge in [-0.1, -0.05) is 11.8 Å². The number of carbonyl (C=O) groups is 2. The van der Waals surface area contributed by atoms with Gasteiger partial charge in [0.15, 0.2) is 0 Å². The predicted molar refractivity (Wildman–Crippen MR) is 51.0 cm³/mol. The molecule has 74 valence electrons. The van der Waals surface area contributed by atoms with Gasteiger partial charge in [-0.3, -0.25) is 15.0 Å². The molecule has 0 aromatic rings. The zero-order valence-electron chi connectivity index (χ0n) is 7.28. The van der Waals surface area contributed by atoms with Crippen LogP contribution in [0.25, 0.3) is 0 Å². The SMILES string of the molecule is NNC(=O)CCCN1CCSC1=O. The number of hydrogen-bond acceptors (Lipinski definition) is 4. The second-order valence-electron chi connectivity index (χ2n) is 2.77. The Morgan fingerprint density at radius 3 is 3.00 bits per heavy atom. The van der Waals surface area contributed by atoms with E-state index in [1.165, 1.54) is 11.8 Å². The number of hydrazine groups is 1. The van der Waals surface area contributed by atoms with Gasteiger partial charge in [-0.05, 0) is 6.42 Å². The van der Waals surface area contributed by atoms with E-state index in [4.69, 9.17) is 5.84 Å². The molecule has 0 aromatic heterocycles. The van der Waals surface area contributed by atoms with Crippen LogP contribution in [-0.2, 0) is 4.79 Å². The third-order valence-electron chi connectivity index (χ3n) is 1.84. The van der Waals surface area contributed by atoms with Gasteiger partial charge in [0.2, 0.25) is 5.91 Å². The smallest absolute Gasteiger partial charge is 0.281 e. The summed E-state index contributed by atoms with van der Waals surface area (Å²) in [6.07, 6.45) is 1.06. The largest absolute Gasteiger partial charge is 0.333 e. The highest BCUT2D eigenvalue weighted by Gasteiger charge is 2.20. The maximum Gasteiger partial charge on any atom is 0.281 e. The number of nitrogens with zero attached hydrogens (tertiary/aromatic N) is 1. The lowest BCUT2D eigenvalue weighted by molar-refractivity contribution is -0.121. The minimum atomic E-state index is -0.181. The van der Waals surface area contributed by atoms with Crippen molar-refractivity contribution in [1.29, 1.82) is 0 Å². The Morgan fingerprint density at radius 2 is 2.46 bits per heavy atom. The molecule has 6 heteroatoms. The summed E-state index contributed by atoms with van der Waals surface area (Å²) in [5.41, 5.74) is 2.05. The van der Waals surface area contributed by atoms with Crippen molar-refractivity contribution >= 4 is 22.9 Å². The molecular weight excluding hydrogens is 190 g/mol. The molecule has 0 aliphatic carbocycles. The van der Waals surface area contributed by atoms with Gasteiger partial charge in [0.1, 0.15) is 0 Å². The van der Waals surface area contributed by atoms with Gasteiger partial charge < -0.3 is 4.90 Å². The Kier molecular flexibility index (Phi) is 4.04. The lowest BCUT2D eigenvalue weighted by atomic mass is 10.3. The summed E-state index contributed by atoms with van der Waals surface area (Å²) >= 11 is 1.33. The molecule has 1 rings (SSSR count). The summed E-state index contributed by atoms with van der Waals surface area (Å²) in [5, 5.41) is 0.119. The highest BCUT2D eigenvalue weighted by Crippen LogP contribution is 2.17. The molecule has 0 unspecified atom stereocenters. The van der Waals surface area contributed by atoms with Crippen LogP contribution in [0.15, 0.2) is 0 Å². The first-order chi connectivity index (χ1) is 6.24. The first kappa shape index (κ1) is 10.3. The molecule has 1 saturated heterocycles. The van der Waals surface area contributed by atoms with Gasteiger partial charge in [0.25, 0.3) is 5.24 Å². The van der Waals surface area contributed by atoms with Gasteiger partial charge in [-0.2, -0.15) is 0 Å². The fraction of sp³-hybridized carbons (Fsp3) is 0.714. The second kappa shape index (κ2) is 5.08. The molecule has 5 nitrogen and oxygen atoms in total. The van der Waals surface area contributed by atoms with Crippen LogP contribution in [0.4, 0.5) is 4.79 Å². The molecule has 1 fully saturated rings. The summed E-state index contributed by atoms with van der Waals surface area (Å²) in [4.78, 5) is 23.6. The zero-order valence-corrected chi connectivity index (χ0v) is 8.10. The molecule has 0 bridgehead atoms. The molecule has 3 N–H and O–H groups in total. The van der Waals surface area contributed by atoms with E-state index in [1.54, 1.807) is 4.90 Å². The molecule has 1 aliphatic rings. The molecule has 13 heavy (non-hydrogen) atoms. The van der Waals surface area contributed by atoms with Crippen LogP contribution in [0, 0.1) is 0 Å². The molecule has 0 spiro atoms. The quantitative estimate of drug-likeness (QED) is 0.381. The minimum Gasteiger partial charge on any atom is -0.333 e. The Labute approximate surface area is 81.0 Å². The number of hydrogen-bond donors (Lipinski definition) is 2. The molecule has 0 aromatic carbocycles. The summed E-state index contributed by atoms with van der Waals surface area (Å²) < 4.78 is 0. The van der Waals surface area contributed by atoms with Gasteiger partial charge in [0, 0.05) is 25.3 Å². The Hall–Kier alpha value is -0.750. The van der Waals surface area contributed by atoms with Crippen LogP contribution in [0.1, 0.15) is 12.8 Å². The number of nitrogens with two attached hydrogens (primary N) is 1. The lowest BCUT2D eigenvalue weighted by Gasteiger charge is -2.13. The third-order valence-corrected chi connectivity index (χ3v) is 2.73. The fourth-order valence-corrected chi connectivity index (χ4v) is 1.98. The molecule has 0 saturated carbocycles. The number of rotatable bonds is 4.